The van der Waals surface area contributed by atoms with Crippen molar-refractivity contribution in [2.45, 2.75) is 13.0 Å². The van der Waals surface area contributed by atoms with Crippen LogP contribution in [0.25, 0.3) is 0 Å². The molecule has 0 bridgehead atoms. The summed E-state index contributed by atoms with van der Waals surface area (Å²) in [4.78, 5) is 27.5. The van der Waals surface area contributed by atoms with Crippen LogP contribution in [0.5, 0.6) is 5.75 Å². The summed E-state index contributed by atoms with van der Waals surface area (Å²) in [7, 11) is 1.97. The maximum Gasteiger partial charge on any atom is 0.285 e. The Morgan fingerprint density at radius 2 is 1.88 bits per heavy atom. The molecule has 0 aliphatic carbocycles. The van der Waals surface area contributed by atoms with Crippen molar-refractivity contribution >= 4 is 23.2 Å². The molecule has 136 valence electrons. The number of rotatable bonds is 6. The molecule has 2 aromatic carbocycles. The van der Waals surface area contributed by atoms with E-state index in [2.05, 4.69) is 5.32 Å². The summed E-state index contributed by atoms with van der Waals surface area (Å²) in [6, 6.07) is 16.7. The van der Waals surface area contributed by atoms with Gasteiger partial charge in [0, 0.05) is 0 Å². The van der Waals surface area contributed by atoms with E-state index in [0.29, 0.717) is 18.8 Å². The number of para-hydroxylation sites is 3. The lowest BCUT2D eigenvalue weighted by molar-refractivity contribution is -0.894. The van der Waals surface area contributed by atoms with Gasteiger partial charge in [0.15, 0.2) is 6.04 Å². The van der Waals surface area contributed by atoms with Gasteiger partial charge in [-0.3, -0.25) is 14.5 Å². The van der Waals surface area contributed by atoms with Crippen LogP contribution in [-0.2, 0) is 9.59 Å². The molecule has 6 heteroatoms. The molecule has 26 heavy (non-hydrogen) atoms. The molecule has 1 aliphatic heterocycles. The molecule has 0 fully saturated rings. The largest absolute Gasteiger partial charge is 0.488 e. The van der Waals surface area contributed by atoms with Gasteiger partial charge in [-0.2, -0.15) is 0 Å². The number of fused-ring (bicyclic) bond motifs is 1. The Morgan fingerprint density at radius 1 is 1.19 bits per heavy atom. The Hall–Kier alpha value is -2.86. The minimum Gasteiger partial charge on any atom is -0.488 e. The van der Waals surface area contributed by atoms with Crippen molar-refractivity contribution in [2.75, 3.05) is 37.0 Å². The fraction of sp³-hybridized carbons (Fsp3) is 0.300. The molecule has 1 aliphatic rings. The van der Waals surface area contributed by atoms with E-state index in [1.165, 1.54) is 0 Å². The lowest BCUT2D eigenvalue weighted by Crippen LogP contribution is -3.14. The summed E-state index contributed by atoms with van der Waals surface area (Å²) < 4.78 is 5.72. The van der Waals surface area contributed by atoms with Crippen molar-refractivity contribution < 1.29 is 19.2 Å². The highest BCUT2D eigenvalue weighted by molar-refractivity contribution is 6.10. The van der Waals surface area contributed by atoms with Crippen molar-refractivity contribution in [1.82, 2.24) is 0 Å². The maximum atomic E-state index is 13.0. The summed E-state index contributed by atoms with van der Waals surface area (Å²) in [5.74, 6) is 0.583. The minimum absolute atomic E-state index is 0.0496. The van der Waals surface area contributed by atoms with Crippen LogP contribution >= 0.6 is 0 Å². The van der Waals surface area contributed by atoms with Crippen LogP contribution in [0, 0.1) is 0 Å². The van der Waals surface area contributed by atoms with Crippen LogP contribution in [0.4, 0.5) is 11.4 Å². The predicted molar refractivity (Wildman–Crippen MR) is 101 cm³/mol. The molecule has 2 aromatic rings. The minimum atomic E-state index is -0.284. The number of ether oxygens (including phenoxy) is 1. The zero-order valence-corrected chi connectivity index (χ0v) is 15.1. The quantitative estimate of drug-likeness (QED) is 0.812. The van der Waals surface area contributed by atoms with E-state index in [1.54, 1.807) is 4.90 Å². The zero-order chi connectivity index (χ0) is 18.5. The SMILES string of the molecule is C[C@H](C(=O)N1CC(=O)Nc2ccccc21)[NH+](C)CCOc1ccccc1. The lowest BCUT2D eigenvalue weighted by Gasteiger charge is -2.32. The van der Waals surface area contributed by atoms with Gasteiger partial charge in [0.1, 0.15) is 25.4 Å². The number of amides is 2. The second-order valence-electron chi connectivity index (χ2n) is 6.47. The number of anilines is 2. The summed E-state index contributed by atoms with van der Waals surface area (Å²) in [6.45, 7) is 3.14. The fourth-order valence-corrected chi connectivity index (χ4v) is 2.94. The van der Waals surface area contributed by atoms with Gasteiger partial charge >= 0.3 is 0 Å². The van der Waals surface area contributed by atoms with E-state index in [-0.39, 0.29) is 24.4 Å². The van der Waals surface area contributed by atoms with Crippen molar-refractivity contribution in [3.63, 3.8) is 0 Å². The van der Waals surface area contributed by atoms with Gasteiger partial charge in [0.25, 0.3) is 5.91 Å². The van der Waals surface area contributed by atoms with Crippen molar-refractivity contribution in [2.24, 2.45) is 0 Å². The highest BCUT2D eigenvalue weighted by atomic mass is 16.5. The molecular formula is C20H24N3O3+. The molecule has 0 saturated heterocycles. The number of likely N-dealkylation sites (N-methyl/N-ethyl adjacent to an activating group) is 1. The third-order valence-electron chi connectivity index (χ3n) is 4.65. The van der Waals surface area contributed by atoms with Crippen molar-refractivity contribution in [3.8, 4) is 5.75 Å². The molecule has 0 spiro atoms. The third-order valence-corrected chi connectivity index (χ3v) is 4.65. The van der Waals surface area contributed by atoms with E-state index >= 15 is 0 Å². The molecule has 3 rings (SSSR count). The van der Waals surface area contributed by atoms with E-state index < -0.39 is 0 Å². The van der Waals surface area contributed by atoms with E-state index in [9.17, 15) is 9.59 Å². The second-order valence-corrected chi connectivity index (χ2v) is 6.47. The Morgan fingerprint density at radius 3 is 2.65 bits per heavy atom. The molecule has 2 N–H and O–H groups in total. The number of carbonyl (C=O) groups is 2. The van der Waals surface area contributed by atoms with Crippen LogP contribution in [0.2, 0.25) is 0 Å². The molecule has 6 nitrogen and oxygen atoms in total. The van der Waals surface area contributed by atoms with E-state index in [1.807, 2.05) is 68.6 Å². The monoisotopic (exact) mass is 354 g/mol. The van der Waals surface area contributed by atoms with Gasteiger partial charge in [-0.25, -0.2) is 0 Å². The maximum absolute atomic E-state index is 13.0. The highest BCUT2D eigenvalue weighted by Crippen LogP contribution is 2.29. The molecule has 0 saturated carbocycles. The predicted octanol–water partition coefficient (Wildman–Crippen LogP) is 0.954. The third kappa shape index (κ3) is 4.03. The number of nitrogens with zero attached hydrogens (tertiary/aromatic N) is 1. The number of quaternary nitrogens is 1. The smallest absolute Gasteiger partial charge is 0.285 e. The van der Waals surface area contributed by atoms with E-state index in [0.717, 1.165) is 16.3 Å². The standard InChI is InChI=1S/C20H23N3O3/c1-15(22(2)12-13-26-16-8-4-3-5-9-16)20(25)23-14-19(24)21-17-10-6-7-11-18(17)23/h3-11,15H,12-14H2,1-2H3,(H,21,24)/p+1/t15-/m1/s1. The molecular weight excluding hydrogens is 330 g/mol. The number of carbonyl (C=O) groups excluding carboxylic acids is 2. The van der Waals surface area contributed by atoms with Gasteiger partial charge in [0.2, 0.25) is 5.91 Å². The first-order chi connectivity index (χ1) is 12.6. The van der Waals surface area contributed by atoms with Crippen LogP contribution in [-0.4, -0.2) is 44.6 Å². The first-order valence-corrected chi connectivity index (χ1v) is 8.76. The zero-order valence-electron chi connectivity index (χ0n) is 15.1. The summed E-state index contributed by atoms with van der Waals surface area (Å²) in [5, 5.41) is 2.81. The van der Waals surface area contributed by atoms with Crippen LogP contribution in [0.1, 0.15) is 6.92 Å². The van der Waals surface area contributed by atoms with Gasteiger partial charge in [0.05, 0.1) is 18.4 Å². The van der Waals surface area contributed by atoms with Crippen LogP contribution in [0.15, 0.2) is 54.6 Å². The van der Waals surface area contributed by atoms with Crippen molar-refractivity contribution in [3.05, 3.63) is 54.6 Å². The molecule has 2 atom stereocenters. The first-order valence-electron chi connectivity index (χ1n) is 8.76. The van der Waals surface area contributed by atoms with Gasteiger partial charge < -0.3 is 15.0 Å². The number of benzene rings is 2. The summed E-state index contributed by atoms with van der Waals surface area (Å²) in [5.41, 5.74) is 1.42. The first kappa shape index (κ1) is 17.9. The molecule has 1 heterocycles. The van der Waals surface area contributed by atoms with Crippen LogP contribution in [0.3, 0.4) is 0 Å². The molecule has 2 amide bonds. The Kier molecular flexibility index (Phi) is 5.53. The lowest BCUT2D eigenvalue weighted by atomic mass is 10.1. The van der Waals surface area contributed by atoms with Gasteiger partial charge in [-0.15, -0.1) is 0 Å². The van der Waals surface area contributed by atoms with Crippen LogP contribution < -0.4 is 19.9 Å². The number of nitrogens with one attached hydrogen (secondary N) is 2. The Balaban J connectivity index is 1.61. The number of hydrogen-bond donors (Lipinski definition) is 2. The fourth-order valence-electron chi connectivity index (χ4n) is 2.94. The van der Waals surface area contributed by atoms with Gasteiger partial charge in [-0.05, 0) is 31.2 Å². The van der Waals surface area contributed by atoms with Crippen molar-refractivity contribution in [1.29, 1.82) is 0 Å². The van der Waals surface area contributed by atoms with E-state index in [4.69, 9.17) is 4.74 Å². The molecule has 0 radical (unpaired) electrons. The normalized spacial score (nSPS) is 15.6. The average molecular weight is 354 g/mol. The average Bonchev–Trinajstić information content (AvgIpc) is 2.66. The summed E-state index contributed by atoms with van der Waals surface area (Å²) in [6.07, 6.45) is 0. The topological polar surface area (TPSA) is 63.1 Å². The highest BCUT2D eigenvalue weighted by Gasteiger charge is 2.33. The summed E-state index contributed by atoms with van der Waals surface area (Å²) >= 11 is 0. The molecule has 1 unspecified atom stereocenters. The Bertz CT molecular complexity index is 779. The second kappa shape index (κ2) is 8.01. The van der Waals surface area contributed by atoms with Gasteiger partial charge in [-0.1, -0.05) is 30.3 Å². The molecule has 0 aromatic heterocycles. The number of hydrogen-bond acceptors (Lipinski definition) is 3. The Labute approximate surface area is 153 Å².